The van der Waals surface area contributed by atoms with E-state index in [1.807, 2.05) is 0 Å². The first-order valence-corrected chi connectivity index (χ1v) is 6.37. The molecule has 1 aliphatic carbocycles. The maximum absolute atomic E-state index is 6.60. The van der Waals surface area contributed by atoms with Gasteiger partial charge in [0, 0.05) is 5.54 Å². The molecule has 2 N–H and O–H groups in total. The highest BCUT2D eigenvalue weighted by Crippen LogP contribution is 2.40. The molecule has 0 amide bonds. The predicted octanol–water partition coefficient (Wildman–Crippen LogP) is 3.61. The normalized spacial score (nSPS) is 35.0. The van der Waals surface area contributed by atoms with Gasteiger partial charge in [0.15, 0.2) is 0 Å². The zero-order valence-electron chi connectivity index (χ0n) is 10.7. The molecule has 0 aliphatic heterocycles. The maximum Gasteiger partial charge on any atom is 0.0412 e. The van der Waals surface area contributed by atoms with Crippen LogP contribution in [0.25, 0.3) is 0 Å². The Morgan fingerprint density at radius 2 is 2.00 bits per heavy atom. The van der Waals surface area contributed by atoms with Gasteiger partial charge in [0.25, 0.3) is 0 Å². The van der Waals surface area contributed by atoms with Crippen molar-refractivity contribution < 1.29 is 0 Å². The number of benzene rings is 1. The molecule has 1 saturated carbocycles. The van der Waals surface area contributed by atoms with Crippen LogP contribution in [-0.4, -0.2) is 0 Å². The van der Waals surface area contributed by atoms with Crippen molar-refractivity contribution in [1.29, 1.82) is 0 Å². The highest BCUT2D eigenvalue weighted by molar-refractivity contribution is 5.29. The van der Waals surface area contributed by atoms with E-state index in [0.717, 1.165) is 24.7 Å². The van der Waals surface area contributed by atoms with Crippen LogP contribution in [0.4, 0.5) is 0 Å². The Kier molecular flexibility index (Phi) is 3.07. The van der Waals surface area contributed by atoms with Crippen molar-refractivity contribution in [2.24, 2.45) is 17.6 Å². The van der Waals surface area contributed by atoms with Crippen molar-refractivity contribution in [3.63, 3.8) is 0 Å². The third-order valence-electron chi connectivity index (χ3n) is 4.30. The molecule has 0 bridgehead atoms. The molecule has 2 rings (SSSR count). The van der Waals surface area contributed by atoms with Crippen LogP contribution in [0.2, 0.25) is 0 Å². The van der Waals surface area contributed by atoms with E-state index >= 15 is 0 Å². The SMILES string of the molecule is Cc1cccc(C2(N)CCC(C)C(C)C2)c1. The molecule has 1 heteroatoms. The fourth-order valence-electron chi connectivity index (χ4n) is 2.86. The number of nitrogens with two attached hydrogens (primary N) is 1. The third-order valence-corrected chi connectivity index (χ3v) is 4.30. The van der Waals surface area contributed by atoms with Gasteiger partial charge in [-0.2, -0.15) is 0 Å². The molecule has 88 valence electrons. The van der Waals surface area contributed by atoms with Gasteiger partial charge in [0.2, 0.25) is 0 Å². The summed E-state index contributed by atoms with van der Waals surface area (Å²) in [5, 5.41) is 0. The summed E-state index contributed by atoms with van der Waals surface area (Å²) in [6.07, 6.45) is 3.51. The lowest BCUT2D eigenvalue weighted by atomic mass is 9.69. The number of aryl methyl sites for hydroxylation is 1. The summed E-state index contributed by atoms with van der Waals surface area (Å²) in [5.41, 5.74) is 9.16. The van der Waals surface area contributed by atoms with Crippen molar-refractivity contribution in [2.45, 2.75) is 45.6 Å². The first-order chi connectivity index (χ1) is 7.51. The second kappa shape index (κ2) is 4.21. The van der Waals surface area contributed by atoms with E-state index in [1.54, 1.807) is 0 Å². The van der Waals surface area contributed by atoms with Crippen LogP contribution in [-0.2, 0) is 5.54 Å². The van der Waals surface area contributed by atoms with Gasteiger partial charge in [-0.05, 0) is 43.6 Å². The van der Waals surface area contributed by atoms with Crippen LogP contribution >= 0.6 is 0 Å². The van der Waals surface area contributed by atoms with E-state index in [-0.39, 0.29) is 5.54 Å². The van der Waals surface area contributed by atoms with E-state index in [4.69, 9.17) is 5.73 Å². The highest BCUT2D eigenvalue weighted by Gasteiger charge is 2.35. The molecule has 0 aromatic heterocycles. The lowest BCUT2D eigenvalue weighted by molar-refractivity contribution is 0.177. The summed E-state index contributed by atoms with van der Waals surface area (Å²) in [6.45, 7) is 6.82. The van der Waals surface area contributed by atoms with Gasteiger partial charge in [-0.25, -0.2) is 0 Å². The van der Waals surface area contributed by atoms with Gasteiger partial charge in [0.1, 0.15) is 0 Å². The van der Waals surface area contributed by atoms with Gasteiger partial charge >= 0.3 is 0 Å². The first-order valence-electron chi connectivity index (χ1n) is 6.37. The van der Waals surface area contributed by atoms with E-state index in [0.29, 0.717) is 0 Å². The van der Waals surface area contributed by atoms with Crippen LogP contribution in [0.1, 0.15) is 44.2 Å². The van der Waals surface area contributed by atoms with Crippen molar-refractivity contribution in [3.8, 4) is 0 Å². The zero-order chi connectivity index (χ0) is 11.8. The minimum absolute atomic E-state index is 0.0854. The standard InChI is InChI=1S/C15H23N/c1-11-5-4-6-14(9-11)15(16)8-7-12(2)13(3)10-15/h4-6,9,12-13H,7-8,10,16H2,1-3H3. The summed E-state index contributed by atoms with van der Waals surface area (Å²) in [5.74, 6) is 1.56. The molecular formula is C15H23N. The number of hydrogen-bond donors (Lipinski definition) is 1. The Balaban J connectivity index is 2.26. The Morgan fingerprint density at radius 3 is 2.62 bits per heavy atom. The molecule has 0 heterocycles. The minimum atomic E-state index is -0.0854. The molecule has 0 spiro atoms. The summed E-state index contributed by atoms with van der Waals surface area (Å²) in [7, 11) is 0. The molecule has 1 aromatic carbocycles. The topological polar surface area (TPSA) is 26.0 Å². The molecule has 1 aromatic rings. The number of hydrogen-bond acceptors (Lipinski definition) is 1. The summed E-state index contributed by atoms with van der Waals surface area (Å²) < 4.78 is 0. The van der Waals surface area contributed by atoms with E-state index < -0.39 is 0 Å². The van der Waals surface area contributed by atoms with Crippen molar-refractivity contribution >= 4 is 0 Å². The molecule has 1 nitrogen and oxygen atoms in total. The van der Waals surface area contributed by atoms with E-state index in [9.17, 15) is 0 Å². The summed E-state index contributed by atoms with van der Waals surface area (Å²) in [4.78, 5) is 0. The largest absolute Gasteiger partial charge is 0.321 e. The van der Waals surface area contributed by atoms with Gasteiger partial charge < -0.3 is 5.73 Å². The summed E-state index contributed by atoms with van der Waals surface area (Å²) >= 11 is 0. The molecule has 0 saturated heterocycles. The van der Waals surface area contributed by atoms with Crippen molar-refractivity contribution in [2.75, 3.05) is 0 Å². The Labute approximate surface area is 99.0 Å². The lowest BCUT2D eigenvalue weighted by Gasteiger charge is -2.40. The van der Waals surface area contributed by atoms with Crippen LogP contribution < -0.4 is 5.73 Å². The summed E-state index contributed by atoms with van der Waals surface area (Å²) in [6, 6.07) is 8.71. The monoisotopic (exact) mass is 217 g/mol. The maximum atomic E-state index is 6.60. The lowest BCUT2D eigenvalue weighted by Crippen LogP contribution is -2.43. The second-order valence-corrected chi connectivity index (χ2v) is 5.72. The Bertz CT molecular complexity index is 371. The molecule has 1 aliphatic rings. The van der Waals surface area contributed by atoms with Gasteiger partial charge in [0.05, 0.1) is 0 Å². The minimum Gasteiger partial charge on any atom is -0.321 e. The van der Waals surface area contributed by atoms with Crippen LogP contribution in [0.3, 0.4) is 0 Å². The molecule has 3 atom stereocenters. The second-order valence-electron chi connectivity index (χ2n) is 5.72. The predicted molar refractivity (Wildman–Crippen MR) is 69.2 cm³/mol. The van der Waals surface area contributed by atoms with Gasteiger partial charge in [-0.15, -0.1) is 0 Å². The Hall–Kier alpha value is -0.820. The van der Waals surface area contributed by atoms with Crippen LogP contribution in [0.15, 0.2) is 24.3 Å². The fourth-order valence-corrected chi connectivity index (χ4v) is 2.86. The third kappa shape index (κ3) is 2.15. The van der Waals surface area contributed by atoms with Gasteiger partial charge in [-0.3, -0.25) is 0 Å². The fraction of sp³-hybridized carbons (Fsp3) is 0.600. The smallest absolute Gasteiger partial charge is 0.0412 e. The average Bonchev–Trinajstić information content (AvgIpc) is 2.24. The number of rotatable bonds is 1. The molecule has 0 radical (unpaired) electrons. The Morgan fingerprint density at radius 1 is 1.25 bits per heavy atom. The van der Waals surface area contributed by atoms with Crippen molar-refractivity contribution in [1.82, 2.24) is 0 Å². The molecular weight excluding hydrogens is 194 g/mol. The quantitative estimate of drug-likeness (QED) is 0.764. The van der Waals surface area contributed by atoms with Crippen LogP contribution in [0.5, 0.6) is 0 Å². The molecule has 3 unspecified atom stereocenters. The van der Waals surface area contributed by atoms with E-state index in [2.05, 4.69) is 45.0 Å². The van der Waals surface area contributed by atoms with Gasteiger partial charge in [-0.1, -0.05) is 43.7 Å². The van der Waals surface area contributed by atoms with Crippen molar-refractivity contribution in [3.05, 3.63) is 35.4 Å². The first kappa shape index (κ1) is 11.7. The van der Waals surface area contributed by atoms with E-state index in [1.165, 1.54) is 17.5 Å². The average molecular weight is 217 g/mol. The highest BCUT2D eigenvalue weighted by atomic mass is 14.8. The zero-order valence-corrected chi connectivity index (χ0v) is 10.7. The molecule has 1 fully saturated rings. The van der Waals surface area contributed by atoms with Crippen LogP contribution in [0, 0.1) is 18.8 Å². The molecule has 16 heavy (non-hydrogen) atoms.